The van der Waals surface area contributed by atoms with Crippen LogP contribution in [0.25, 0.3) is 0 Å². The first-order valence-corrected chi connectivity index (χ1v) is 6.26. The smallest absolute Gasteiger partial charge is 0.135 e. The Bertz CT molecular complexity index is 399. The average molecular weight is 246 g/mol. The van der Waals surface area contributed by atoms with Gasteiger partial charge in [-0.25, -0.2) is 4.99 Å². The molecule has 0 aromatic rings. The summed E-state index contributed by atoms with van der Waals surface area (Å²) in [5.74, 6) is 1.32. The number of Topliss-reactive ketones (excluding diaryl/α,β-unsaturated/α-hetero) is 1. The predicted octanol–water partition coefficient (Wildman–Crippen LogP) is 2.96. The zero-order valence-corrected chi connectivity index (χ0v) is 11.4. The van der Waals surface area contributed by atoms with Gasteiger partial charge in [-0.05, 0) is 32.3 Å². The van der Waals surface area contributed by atoms with Crippen LogP contribution >= 0.6 is 0 Å². The predicted molar refractivity (Wildman–Crippen MR) is 76.6 cm³/mol. The first-order chi connectivity index (χ1) is 8.47. The summed E-state index contributed by atoms with van der Waals surface area (Å²) in [6.07, 6.45) is 3.30. The zero-order chi connectivity index (χ0) is 13.7. The number of piperidine rings is 1. The number of ketones is 1. The summed E-state index contributed by atoms with van der Waals surface area (Å²) in [6, 6.07) is 0. The molecule has 0 bridgehead atoms. The molecule has 1 aliphatic rings. The minimum Gasteiger partial charge on any atom is -0.356 e. The molecule has 1 heterocycles. The Morgan fingerprint density at radius 3 is 2.22 bits per heavy atom. The van der Waals surface area contributed by atoms with Crippen LogP contribution in [0.15, 0.2) is 42.1 Å². The fourth-order valence-corrected chi connectivity index (χ4v) is 2.13. The Kier molecular flexibility index (Phi) is 5.08. The lowest BCUT2D eigenvalue weighted by atomic mass is 9.92. The third-order valence-corrected chi connectivity index (χ3v) is 3.37. The van der Waals surface area contributed by atoms with Crippen LogP contribution < -0.4 is 0 Å². The van der Waals surface area contributed by atoms with Crippen LogP contribution in [0.1, 0.15) is 26.7 Å². The fraction of sp³-hybridized carbons (Fsp3) is 0.467. The van der Waals surface area contributed by atoms with Crippen LogP contribution in [0.4, 0.5) is 0 Å². The van der Waals surface area contributed by atoms with Crippen molar-refractivity contribution in [3.05, 3.63) is 37.1 Å². The van der Waals surface area contributed by atoms with E-state index >= 15 is 0 Å². The lowest BCUT2D eigenvalue weighted by molar-refractivity contribution is -0.121. The Morgan fingerprint density at radius 2 is 1.83 bits per heavy atom. The standard InChI is InChI=1S/C15H22N2O/c1-6-16-15(12(4)11(2)3)17-9-7-14(8-10-17)13(5)18/h6,14H,1-2,4,7-10H2,3,5H3. The van der Waals surface area contributed by atoms with E-state index in [0.717, 1.165) is 42.9 Å². The van der Waals surface area contributed by atoms with Crippen molar-refractivity contribution in [2.75, 3.05) is 13.1 Å². The van der Waals surface area contributed by atoms with Crippen LogP contribution in [0.5, 0.6) is 0 Å². The molecule has 1 rings (SSSR count). The number of aliphatic imine (C=N–C) groups is 1. The monoisotopic (exact) mass is 246 g/mol. The molecule has 98 valence electrons. The number of nitrogens with zero attached hydrogens (tertiary/aromatic N) is 2. The molecule has 0 radical (unpaired) electrons. The molecule has 0 atom stereocenters. The first-order valence-electron chi connectivity index (χ1n) is 6.26. The number of rotatable bonds is 4. The van der Waals surface area contributed by atoms with Crippen LogP contribution in [-0.2, 0) is 4.79 Å². The van der Waals surface area contributed by atoms with E-state index in [0.29, 0.717) is 0 Å². The largest absolute Gasteiger partial charge is 0.356 e. The van der Waals surface area contributed by atoms with Crippen molar-refractivity contribution in [1.82, 2.24) is 4.90 Å². The number of likely N-dealkylation sites (tertiary alicyclic amines) is 1. The minimum atomic E-state index is 0.198. The molecule has 0 spiro atoms. The molecular weight excluding hydrogens is 224 g/mol. The molecule has 3 nitrogen and oxygen atoms in total. The topological polar surface area (TPSA) is 32.7 Å². The third kappa shape index (κ3) is 3.42. The van der Waals surface area contributed by atoms with E-state index in [-0.39, 0.29) is 11.7 Å². The number of carbonyl (C=O) groups is 1. The highest BCUT2D eigenvalue weighted by Crippen LogP contribution is 2.21. The second kappa shape index (κ2) is 6.34. The van der Waals surface area contributed by atoms with Crippen molar-refractivity contribution in [1.29, 1.82) is 0 Å². The van der Waals surface area contributed by atoms with E-state index in [9.17, 15) is 4.79 Å². The molecule has 3 heteroatoms. The normalized spacial score (nSPS) is 17.4. The van der Waals surface area contributed by atoms with Gasteiger partial charge in [-0.3, -0.25) is 4.79 Å². The van der Waals surface area contributed by atoms with Gasteiger partial charge in [0.15, 0.2) is 0 Å². The molecule has 0 saturated carbocycles. The summed E-state index contributed by atoms with van der Waals surface area (Å²) in [7, 11) is 0. The van der Waals surface area contributed by atoms with E-state index < -0.39 is 0 Å². The van der Waals surface area contributed by atoms with Gasteiger partial charge in [0.05, 0.1) is 0 Å². The number of hydrogen-bond acceptors (Lipinski definition) is 2. The molecule has 1 aliphatic heterocycles. The Balaban J connectivity index is 2.76. The van der Waals surface area contributed by atoms with Crippen molar-refractivity contribution < 1.29 is 4.79 Å². The fourth-order valence-electron chi connectivity index (χ4n) is 2.13. The van der Waals surface area contributed by atoms with Gasteiger partial charge in [0.25, 0.3) is 0 Å². The highest BCUT2D eigenvalue weighted by atomic mass is 16.1. The van der Waals surface area contributed by atoms with Crippen LogP contribution in [0.2, 0.25) is 0 Å². The lowest BCUT2D eigenvalue weighted by Gasteiger charge is -2.33. The minimum absolute atomic E-state index is 0.198. The molecule has 1 fully saturated rings. The molecule has 0 aromatic carbocycles. The van der Waals surface area contributed by atoms with Gasteiger partial charge in [-0.15, -0.1) is 0 Å². The Labute approximate surface area is 110 Å². The highest BCUT2D eigenvalue weighted by molar-refractivity contribution is 6.01. The maximum Gasteiger partial charge on any atom is 0.135 e. The average Bonchev–Trinajstić information content (AvgIpc) is 2.35. The number of amidine groups is 1. The lowest BCUT2D eigenvalue weighted by Crippen LogP contribution is -2.40. The van der Waals surface area contributed by atoms with Gasteiger partial charge in [0, 0.05) is 30.8 Å². The second-order valence-electron chi connectivity index (χ2n) is 4.77. The second-order valence-corrected chi connectivity index (χ2v) is 4.77. The summed E-state index contributed by atoms with van der Waals surface area (Å²) in [5.41, 5.74) is 1.75. The molecule has 0 N–H and O–H groups in total. The summed E-state index contributed by atoms with van der Waals surface area (Å²) in [5, 5.41) is 0. The summed E-state index contributed by atoms with van der Waals surface area (Å²) in [6.45, 7) is 16.8. The maximum absolute atomic E-state index is 11.3. The van der Waals surface area contributed by atoms with E-state index in [1.54, 1.807) is 6.92 Å². The van der Waals surface area contributed by atoms with E-state index in [4.69, 9.17) is 0 Å². The molecule has 0 aromatic heterocycles. The SMILES string of the molecule is C=CN=C(C(=C)C(=C)C)N1CCC(C(C)=O)CC1. The van der Waals surface area contributed by atoms with Crippen molar-refractivity contribution >= 4 is 11.6 Å². The molecule has 0 unspecified atom stereocenters. The van der Waals surface area contributed by atoms with Crippen molar-refractivity contribution in [2.45, 2.75) is 26.7 Å². The zero-order valence-electron chi connectivity index (χ0n) is 11.4. The van der Waals surface area contributed by atoms with Gasteiger partial charge in [0.2, 0.25) is 0 Å². The summed E-state index contributed by atoms with van der Waals surface area (Å²) < 4.78 is 0. The van der Waals surface area contributed by atoms with Crippen LogP contribution in [0.3, 0.4) is 0 Å². The van der Waals surface area contributed by atoms with Crippen molar-refractivity contribution in [2.24, 2.45) is 10.9 Å². The summed E-state index contributed by atoms with van der Waals surface area (Å²) >= 11 is 0. The maximum atomic E-state index is 11.3. The molecule has 18 heavy (non-hydrogen) atoms. The van der Waals surface area contributed by atoms with Crippen molar-refractivity contribution in [3.8, 4) is 0 Å². The number of hydrogen-bond donors (Lipinski definition) is 0. The van der Waals surface area contributed by atoms with Crippen LogP contribution in [-0.4, -0.2) is 29.6 Å². The summed E-state index contributed by atoms with van der Waals surface area (Å²) in [4.78, 5) is 17.8. The quantitative estimate of drug-likeness (QED) is 0.434. The number of carbonyl (C=O) groups excluding carboxylic acids is 1. The third-order valence-electron chi connectivity index (χ3n) is 3.37. The van der Waals surface area contributed by atoms with E-state index in [2.05, 4.69) is 29.6 Å². The van der Waals surface area contributed by atoms with E-state index in [1.807, 2.05) is 6.92 Å². The molecular formula is C15H22N2O. The van der Waals surface area contributed by atoms with Crippen LogP contribution in [0, 0.1) is 5.92 Å². The van der Waals surface area contributed by atoms with Gasteiger partial charge in [-0.1, -0.05) is 19.7 Å². The molecule has 1 saturated heterocycles. The van der Waals surface area contributed by atoms with Gasteiger partial charge >= 0.3 is 0 Å². The molecule has 0 amide bonds. The van der Waals surface area contributed by atoms with E-state index in [1.165, 1.54) is 6.20 Å². The Hall–Kier alpha value is -1.64. The van der Waals surface area contributed by atoms with Gasteiger partial charge in [-0.2, -0.15) is 0 Å². The first kappa shape index (κ1) is 14.4. The van der Waals surface area contributed by atoms with Gasteiger partial charge < -0.3 is 4.90 Å². The van der Waals surface area contributed by atoms with Crippen molar-refractivity contribution in [3.63, 3.8) is 0 Å². The van der Waals surface area contributed by atoms with Gasteiger partial charge in [0.1, 0.15) is 11.6 Å². The Morgan fingerprint density at radius 1 is 1.28 bits per heavy atom. The molecule has 0 aliphatic carbocycles. The highest BCUT2D eigenvalue weighted by Gasteiger charge is 2.25.